The van der Waals surface area contributed by atoms with Crippen LogP contribution in [0.15, 0.2) is 77.7 Å². The topological polar surface area (TPSA) is 75.7 Å². The molecule has 3 aromatic carbocycles. The van der Waals surface area contributed by atoms with Gasteiger partial charge in [0, 0.05) is 19.2 Å². The zero-order valence-electron chi connectivity index (χ0n) is 18.5. The Kier molecular flexibility index (Phi) is 7.51. The lowest BCUT2D eigenvalue weighted by atomic mass is 10.0. The van der Waals surface area contributed by atoms with Crippen molar-refractivity contribution < 1.29 is 31.1 Å². The molecule has 0 heterocycles. The third-order valence-corrected chi connectivity index (χ3v) is 6.99. The van der Waals surface area contributed by atoms with Crippen molar-refractivity contribution in [3.8, 4) is 5.75 Å². The number of sulfonamides is 1. The van der Waals surface area contributed by atoms with Crippen molar-refractivity contribution in [2.24, 2.45) is 0 Å². The fourth-order valence-corrected chi connectivity index (χ4v) is 4.59. The van der Waals surface area contributed by atoms with Crippen molar-refractivity contribution in [3.05, 3.63) is 89.5 Å². The van der Waals surface area contributed by atoms with Crippen LogP contribution in [0.3, 0.4) is 0 Å². The molecule has 0 aromatic heterocycles. The number of carbonyl (C=O) groups is 1. The summed E-state index contributed by atoms with van der Waals surface area (Å²) < 4.78 is 71.6. The average Bonchev–Trinajstić information content (AvgIpc) is 2.83. The van der Waals surface area contributed by atoms with E-state index in [1.54, 1.807) is 24.3 Å². The van der Waals surface area contributed by atoms with Crippen molar-refractivity contribution >= 4 is 21.6 Å². The molecule has 1 N–H and O–H groups in total. The number of rotatable bonds is 8. The molecule has 0 aliphatic carbocycles. The maximum atomic E-state index is 13.1. The molecule has 0 aliphatic rings. The Hall–Kier alpha value is -3.53. The van der Waals surface area contributed by atoms with E-state index in [9.17, 15) is 26.4 Å². The Labute approximate surface area is 196 Å². The van der Waals surface area contributed by atoms with Gasteiger partial charge in [-0.25, -0.2) is 8.42 Å². The summed E-state index contributed by atoms with van der Waals surface area (Å²) in [5.41, 5.74) is -0.122. The van der Waals surface area contributed by atoms with Gasteiger partial charge in [0.2, 0.25) is 0 Å². The first-order valence-corrected chi connectivity index (χ1v) is 11.6. The van der Waals surface area contributed by atoms with Crippen LogP contribution in [0, 0.1) is 0 Å². The normalized spacial score (nSPS) is 11.7. The van der Waals surface area contributed by atoms with E-state index in [4.69, 9.17) is 4.74 Å². The summed E-state index contributed by atoms with van der Waals surface area (Å²) >= 11 is 0. The summed E-state index contributed by atoms with van der Waals surface area (Å²) in [6.07, 6.45) is -4.48. The van der Waals surface area contributed by atoms with E-state index in [-0.39, 0.29) is 29.0 Å². The second kappa shape index (κ2) is 10.2. The van der Waals surface area contributed by atoms with Crippen LogP contribution >= 0.6 is 0 Å². The van der Waals surface area contributed by atoms with Gasteiger partial charge in [-0.3, -0.25) is 9.10 Å². The number of nitrogens with one attached hydrogen (secondary N) is 1. The van der Waals surface area contributed by atoms with Crippen molar-refractivity contribution in [1.82, 2.24) is 5.32 Å². The number of amides is 1. The highest BCUT2D eigenvalue weighted by Crippen LogP contribution is 2.32. The van der Waals surface area contributed by atoms with Gasteiger partial charge in [-0.15, -0.1) is 0 Å². The van der Waals surface area contributed by atoms with E-state index in [1.165, 1.54) is 56.6 Å². The van der Waals surface area contributed by atoms with Crippen molar-refractivity contribution in [2.75, 3.05) is 25.0 Å². The van der Waals surface area contributed by atoms with Crippen LogP contribution in [0.25, 0.3) is 0 Å². The van der Waals surface area contributed by atoms with E-state index in [0.717, 1.165) is 10.4 Å². The molecule has 3 aromatic rings. The molecule has 0 fully saturated rings. The van der Waals surface area contributed by atoms with Gasteiger partial charge in [0.05, 0.1) is 23.3 Å². The molecule has 34 heavy (non-hydrogen) atoms. The van der Waals surface area contributed by atoms with Crippen molar-refractivity contribution in [2.45, 2.75) is 17.5 Å². The van der Waals surface area contributed by atoms with Crippen LogP contribution in [-0.4, -0.2) is 35.0 Å². The quantitative estimate of drug-likeness (QED) is 0.502. The van der Waals surface area contributed by atoms with Gasteiger partial charge in [-0.1, -0.05) is 30.3 Å². The van der Waals surface area contributed by atoms with Crippen LogP contribution in [-0.2, 0) is 22.6 Å². The maximum Gasteiger partial charge on any atom is 0.416 e. The van der Waals surface area contributed by atoms with Crippen LogP contribution < -0.4 is 14.4 Å². The van der Waals surface area contributed by atoms with E-state index < -0.39 is 27.7 Å². The summed E-state index contributed by atoms with van der Waals surface area (Å²) in [6, 6.07) is 17.1. The number of nitrogens with zero attached hydrogens (tertiary/aromatic N) is 1. The number of hydrogen-bond acceptors (Lipinski definition) is 4. The third-order valence-electron chi connectivity index (χ3n) is 5.20. The van der Waals surface area contributed by atoms with Crippen LogP contribution in [0.2, 0.25) is 0 Å². The summed E-state index contributed by atoms with van der Waals surface area (Å²) in [7, 11) is -1.09. The summed E-state index contributed by atoms with van der Waals surface area (Å²) in [5.74, 6) is -0.136. The van der Waals surface area contributed by atoms with E-state index in [2.05, 4.69) is 5.32 Å². The van der Waals surface area contributed by atoms with Gasteiger partial charge in [0.15, 0.2) is 0 Å². The van der Waals surface area contributed by atoms with Gasteiger partial charge in [-0.2, -0.15) is 13.2 Å². The lowest BCUT2D eigenvalue weighted by Crippen LogP contribution is -2.28. The Morgan fingerprint density at radius 1 is 0.971 bits per heavy atom. The molecule has 0 atom stereocenters. The summed E-state index contributed by atoms with van der Waals surface area (Å²) in [5, 5.41) is 2.57. The highest BCUT2D eigenvalue weighted by Gasteiger charge is 2.32. The number of halogens is 3. The van der Waals surface area contributed by atoms with Crippen molar-refractivity contribution in [1.29, 1.82) is 0 Å². The second-order valence-electron chi connectivity index (χ2n) is 7.33. The first-order valence-electron chi connectivity index (χ1n) is 10.2. The van der Waals surface area contributed by atoms with E-state index in [0.29, 0.717) is 11.4 Å². The highest BCUT2D eigenvalue weighted by molar-refractivity contribution is 7.92. The lowest BCUT2D eigenvalue weighted by molar-refractivity contribution is -0.138. The largest absolute Gasteiger partial charge is 0.495 e. The molecule has 0 saturated heterocycles. The predicted octanol–water partition coefficient (Wildman–Crippen LogP) is 4.51. The monoisotopic (exact) mass is 492 g/mol. The minimum atomic E-state index is -4.47. The molecule has 180 valence electrons. The number of carbonyl (C=O) groups excluding carboxylic acids is 1. The van der Waals surface area contributed by atoms with Gasteiger partial charge in [0.25, 0.3) is 15.9 Å². The highest BCUT2D eigenvalue weighted by atomic mass is 32.2. The van der Waals surface area contributed by atoms with E-state index >= 15 is 0 Å². The number of alkyl halides is 3. The maximum absolute atomic E-state index is 13.1. The van der Waals surface area contributed by atoms with Crippen LogP contribution in [0.4, 0.5) is 18.9 Å². The zero-order valence-corrected chi connectivity index (χ0v) is 19.3. The smallest absolute Gasteiger partial charge is 0.416 e. The number of para-hydroxylation sites is 2. The van der Waals surface area contributed by atoms with Gasteiger partial charge < -0.3 is 10.1 Å². The molecule has 0 saturated carbocycles. The Morgan fingerprint density at radius 2 is 1.59 bits per heavy atom. The number of methoxy groups -OCH3 is 1. The van der Waals surface area contributed by atoms with Crippen LogP contribution in [0.5, 0.6) is 5.75 Å². The number of ether oxygens (including phenoxy) is 1. The van der Waals surface area contributed by atoms with Gasteiger partial charge in [0.1, 0.15) is 5.75 Å². The minimum Gasteiger partial charge on any atom is -0.495 e. The molecule has 0 aliphatic heterocycles. The summed E-state index contributed by atoms with van der Waals surface area (Å²) in [4.78, 5) is 12.4. The predicted molar refractivity (Wildman–Crippen MR) is 123 cm³/mol. The first-order chi connectivity index (χ1) is 16.1. The molecule has 1 amide bonds. The van der Waals surface area contributed by atoms with Crippen LogP contribution in [0.1, 0.15) is 21.5 Å². The molecule has 3 rings (SSSR count). The van der Waals surface area contributed by atoms with Gasteiger partial charge in [-0.05, 0) is 54.4 Å². The number of hydrogen-bond donors (Lipinski definition) is 1. The SMILES string of the molecule is COc1ccccc1N(C)S(=O)(=O)c1ccc(C(=O)NCCc2ccccc2C(F)(F)F)cc1. The standard InChI is InChI=1S/C24H23F3N2O4S/c1-29(21-9-5-6-10-22(21)33-2)34(31,32)19-13-11-18(12-14-19)23(30)28-16-15-17-7-3-4-8-20(17)24(25,26)27/h3-14H,15-16H2,1-2H3,(H,28,30). The molecular formula is C24H23F3N2O4S. The third kappa shape index (κ3) is 5.51. The molecule has 0 radical (unpaired) electrons. The molecule has 0 bridgehead atoms. The zero-order chi connectivity index (χ0) is 24.9. The average molecular weight is 493 g/mol. The Morgan fingerprint density at radius 3 is 2.24 bits per heavy atom. The number of benzene rings is 3. The fraction of sp³-hybridized carbons (Fsp3) is 0.208. The van der Waals surface area contributed by atoms with Gasteiger partial charge >= 0.3 is 6.18 Å². The molecule has 6 nitrogen and oxygen atoms in total. The molecular weight excluding hydrogens is 469 g/mol. The second-order valence-corrected chi connectivity index (χ2v) is 9.30. The Balaban J connectivity index is 1.68. The lowest BCUT2D eigenvalue weighted by Gasteiger charge is -2.21. The molecule has 0 spiro atoms. The minimum absolute atomic E-state index is 0.00239. The number of anilines is 1. The summed E-state index contributed by atoms with van der Waals surface area (Å²) in [6.45, 7) is -0.0114. The first kappa shape index (κ1) is 25.1. The van der Waals surface area contributed by atoms with E-state index in [1.807, 2.05) is 0 Å². The van der Waals surface area contributed by atoms with Crippen molar-refractivity contribution in [3.63, 3.8) is 0 Å². The molecule has 10 heteroatoms. The molecule has 0 unspecified atom stereocenters. The fourth-order valence-electron chi connectivity index (χ4n) is 3.38. The Bertz CT molecular complexity index is 1260.